The van der Waals surface area contributed by atoms with Gasteiger partial charge in [-0.05, 0) is 43.0 Å². The standard InChI is InChI=1S/C20H22ClN5O/c21-16-1-2-18-17(11-16)15(12-25-18)3-6-24-20(27)14-4-9-26(10-5-14)19-13-22-7-8-23-19/h1-2,7-8,11-14,25H,3-6,9-10H2,(H,24,27). The van der Waals surface area contributed by atoms with Crippen LogP contribution in [0.5, 0.6) is 0 Å². The molecule has 4 rings (SSSR count). The van der Waals surface area contributed by atoms with Crippen molar-refractivity contribution in [1.82, 2.24) is 20.3 Å². The van der Waals surface area contributed by atoms with E-state index in [1.165, 1.54) is 5.56 Å². The number of carbonyl (C=O) groups is 1. The molecule has 0 saturated carbocycles. The lowest BCUT2D eigenvalue weighted by Crippen LogP contribution is -2.41. The first kappa shape index (κ1) is 17.8. The van der Waals surface area contributed by atoms with Gasteiger partial charge in [0.15, 0.2) is 0 Å². The van der Waals surface area contributed by atoms with Crippen LogP contribution in [-0.4, -0.2) is 40.5 Å². The molecule has 140 valence electrons. The van der Waals surface area contributed by atoms with Crippen molar-refractivity contribution in [2.45, 2.75) is 19.3 Å². The van der Waals surface area contributed by atoms with E-state index in [1.807, 2.05) is 24.4 Å². The molecule has 1 fully saturated rings. The largest absolute Gasteiger partial charge is 0.361 e. The maximum atomic E-state index is 12.5. The van der Waals surface area contributed by atoms with Crippen molar-refractivity contribution in [3.05, 3.63) is 53.6 Å². The number of halogens is 1. The second-order valence-electron chi connectivity index (χ2n) is 6.87. The van der Waals surface area contributed by atoms with Crippen LogP contribution in [0.2, 0.25) is 5.02 Å². The maximum absolute atomic E-state index is 12.5. The molecular formula is C20H22ClN5O. The van der Waals surface area contributed by atoms with Gasteiger partial charge in [-0.3, -0.25) is 9.78 Å². The predicted molar refractivity (Wildman–Crippen MR) is 107 cm³/mol. The van der Waals surface area contributed by atoms with Gasteiger partial charge in [-0.2, -0.15) is 0 Å². The minimum atomic E-state index is 0.0651. The molecule has 1 saturated heterocycles. The van der Waals surface area contributed by atoms with Gasteiger partial charge in [0.2, 0.25) is 5.91 Å². The molecule has 3 heterocycles. The number of hydrogen-bond acceptors (Lipinski definition) is 4. The summed E-state index contributed by atoms with van der Waals surface area (Å²) in [7, 11) is 0. The molecule has 1 amide bonds. The maximum Gasteiger partial charge on any atom is 0.223 e. The lowest BCUT2D eigenvalue weighted by Gasteiger charge is -2.31. The number of aromatic nitrogens is 3. The van der Waals surface area contributed by atoms with E-state index in [0.717, 1.165) is 54.1 Å². The molecule has 6 nitrogen and oxygen atoms in total. The molecule has 1 aliphatic rings. The Morgan fingerprint density at radius 3 is 2.93 bits per heavy atom. The van der Waals surface area contributed by atoms with Gasteiger partial charge < -0.3 is 15.2 Å². The minimum Gasteiger partial charge on any atom is -0.361 e. The van der Waals surface area contributed by atoms with Gasteiger partial charge >= 0.3 is 0 Å². The molecule has 1 aliphatic heterocycles. The molecule has 2 N–H and O–H groups in total. The Morgan fingerprint density at radius 1 is 1.30 bits per heavy atom. The molecule has 0 bridgehead atoms. The monoisotopic (exact) mass is 383 g/mol. The van der Waals surface area contributed by atoms with E-state index >= 15 is 0 Å². The van der Waals surface area contributed by atoms with Crippen LogP contribution in [0.1, 0.15) is 18.4 Å². The zero-order chi connectivity index (χ0) is 18.6. The van der Waals surface area contributed by atoms with E-state index < -0.39 is 0 Å². The summed E-state index contributed by atoms with van der Waals surface area (Å²) in [6, 6.07) is 5.82. The van der Waals surface area contributed by atoms with Gasteiger partial charge in [-0.1, -0.05) is 11.6 Å². The first-order valence-electron chi connectivity index (χ1n) is 9.25. The van der Waals surface area contributed by atoms with Crippen LogP contribution in [0.25, 0.3) is 10.9 Å². The van der Waals surface area contributed by atoms with E-state index in [9.17, 15) is 4.79 Å². The number of carbonyl (C=O) groups excluding carboxylic acids is 1. The van der Waals surface area contributed by atoms with Crippen molar-refractivity contribution in [1.29, 1.82) is 0 Å². The van der Waals surface area contributed by atoms with Crippen molar-refractivity contribution in [2.75, 3.05) is 24.5 Å². The fourth-order valence-electron chi connectivity index (χ4n) is 3.65. The summed E-state index contributed by atoms with van der Waals surface area (Å²) in [5.41, 5.74) is 2.24. The summed E-state index contributed by atoms with van der Waals surface area (Å²) in [4.78, 5) is 26.4. The number of benzene rings is 1. The second kappa shape index (κ2) is 7.96. The molecule has 2 aromatic heterocycles. The van der Waals surface area contributed by atoms with Gasteiger partial charge in [0.1, 0.15) is 5.82 Å². The van der Waals surface area contributed by atoms with Crippen LogP contribution in [-0.2, 0) is 11.2 Å². The quantitative estimate of drug-likeness (QED) is 0.709. The highest BCUT2D eigenvalue weighted by molar-refractivity contribution is 6.31. The molecule has 7 heteroatoms. The number of rotatable bonds is 5. The number of fused-ring (bicyclic) bond motifs is 1. The fraction of sp³-hybridized carbons (Fsp3) is 0.350. The summed E-state index contributed by atoms with van der Waals surface area (Å²) in [6.45, 7) is 2.29. The second-order valence-corrected chi connectivity index (χ2v) is 7.31. The Balaban J connectivity index is 1.27. The number of nitrogens with one attached hydrogen (secondary N) is 2. The molecule has 0 unspecified atom stereocenters. The number of anilines is 1. The zero-order valence-electron chi connectivity index (χ0n) is 15.0. The van der Waals surface area contributed by atoms with Crippen molar-refractivity contribution >= 4 is 34.2 Å². The first-order valence-corrected chi connectivity index (χ1v) is 9.63. The number of nitrogens with zero attached hydrogens (tertiary/aromatic N) is 3. The summed E-state index contributed by atoms with van der Waals surface area (Å²) in [5.74, 6) is 1.09. The SMILES string of the molecule is O=C(NCCc1c[nH]c2ccc(Cl)cc12)C1CCN(c2cnccn2)CC1. The van der Waals surface area contributed by atoms with Crippen molar-refractivity contribution in [2.24, 2.45) is 5.92 Å². The Kier molecular flexibility index (Phi) is 5.25. The molecule has 1 aromatic carbocycles. The van der Waals surface area contributed by atoms with Gasteiger partial charge in [0.25, 0.3) is 0 Å². The summed E-state index contributed by atoms with van der Waals surface area (Å²) in [6.07, 6.45) is 9.60. The Hall–Kier alpha value is -2.60. The average molecular weight is 384 g/mol. The first-order chi connectivity index (χ1) is 13.2. The van der Waals surface area contributed by atoms with Gasteiger partial charge in [0, 0.05) is 60.1 Å². The summed E-state index contributed by atoms with van der Waals surface area (Å²) < 4.78 is 0. The highest BCUT2D eigenvalue weighted by Crippen LogP contribution is 2.23. The Labute approximate surface area is 163 Å². The van der Waals surface area contributed by atoms with Crippen molar-refractivity contribution < 1.29 is 4.79 Å². The molecule has 27 heavy (non-hydrogen) atoms. The summed E-state index contributed by atoms with van der Waals surface area (Å²) >= 11 is 6.09. The van der Waals surface area contributed by atoms with Crippen molar-refractivity contribution in [3.8, 4) is 0 Å². The number of amides is 1. The van der Waals surface area contributed by atoms with Gasteiger partial charge in [-0.15, -0.1) is 0 Å². The zero-order valence-corrected chi connectivity index (χ0v) is 15.7. The molecule has 0 radical (unpaired) electrons. The van der Waals surface area contributed by atoms with Crippen molar-refractivity contribution in [3.63, 3.8) is 0 Å². The molecule has 0 spiro atoms. The van der Waals surface area contributed by atoms with E-state index in [-0.39, 0.29) is 11.8 Å². The molecule has 3 aromatic rings. The minimum absolute atomic E-state index is 0.0651. The smallest absolute Gasteiger partial charge is 0.223 e. The normalized spacial score (nSPS) is 15.2. The highest BCUT2D eigenvalue weighted by Gasteiger charge is 2.25. The topological polar surface area (TPSA) is 73.9 Å². The Morgan fingerprint density at radius 2 is 2.15 bits per heavy atom. The van der Waals surface area contributed by atoms with Gasteiger partial charge in [-0.25, -0.2) is 4.98 Å². The summed E-state index contributed by atoms with van der Waals surface area (Å²) in [5, 5.41) is 4.94. The fourth-order valence-corrected chi connectivity index (χ4v) is 3.82. The van der Waals surface area contributed by atoms with E-state index in [4.69, 9.17) is 11.6 Å². The number of piperidine rings is 1. The third kappa shape index (κ3) is 4.06. The number of hydrogen-bond donors (Lipinski definition) is 2. The van der Waals surface area contributed by atoms with E-state index in [1.54, 1.807) is 18.6 Å². The Bertz CT molecular complexity index is 919. The van der Waals surface area contributed by atoms with E-state index in [2.05, 4.69) is 25.2 Å². The van der Waals surface area contributed by atoms with Crippen LogP contribution >= 0.6 is 11.6 Å². The van der Waals surface area contributed by atoms with Crippen LogP contribution in [0.3, 0.4) is 0 Å². The molecular weight excluding hydrogens is 362 g/mol. The lowest BCUT2D eigenvalue weighted by atomic mass is 9.96. The lowest BCUT2D eigenvalue weighted by molar-refractivity contribution is -0.125. The third-order valence-corrected chi connectivity index (χ3v) is 5.40. The third-order valence-electron chi connectivity index (χ3n) is 5.16. The van der Waals surface area contributed by atoms with Crippen LogP contribution < -0.4 is 10.2 Å². The van der Waals surface area contributed by atoms with Gasteiger partial charge in [0.05, 0.1) is 6.20 Å². The van der Waals surface area contributed by atoms with Crippen LogP contribution in [0.15, 0.2) is 43.0 Å². The molecule has 0 atom stereocenters. The number of aromatic amines is 1. The van der Waals surface area contributed by atoms with Crippen LogP contribution in [0.4, 0.5) is 5.82 Å². The number of H-pyrrole nitrogens is 1. The molecule has 0 aliphatic carbocycles. The predicted octanol–water partition coefficient (Wildman–Crippen LogP) is 3.19. The van der Waals surface area contributed by atoms with E-state index in [0.29, 0.717) is 6.54 Å². The highest BCUT2D eigenvalue weighted by atomic mass is 35.5. The van der Waals surface area contributed by atoms with Crippen LogP contribution in [0, 0.1) is 5.92 Å². The average Bonchev–Trinajstić information content (AvgIpc) is 3.11.